The molecule has 13 heteroatoms. The second-order valence-electron chi connectivity index (χ2n) is 7.24. The molecule has 2 fully saturated rings. The van der Waals surface area contributed by atoms with E-state index in [1.165, 1.54) is 21.3 Å². The summed E-state index contributed by atoms with van der Waals surface area (Å²) in [5.41, 5.74) is 0.698. The van der Waals surface area contributed by atoms with Gasteiger partial charge in [0.2, 0.25) is 0 Å². The summed E-state index contributed by atoms with van der Waals surface area (Å²) in [5.74, 6) is 0. The number of halogens is 2. The van der Waals surface area contributed by atoms with Crippen LogP contribution in [0, 0.1) is 4.77 Å². The van der Waals surface area contributed by atoms with Crippen LogP contribution in [0.5, 0.6) is 0 Å². The topological polar surface area (TPSA) is 150 Å². The molecule has 4 rings (SSSR count). The number of fused-ring (bicyclic) bond motifs is 1. The Labute approximate surface area is 185 Å². The molecule has 0 amide bonds. The van der Waals surface area contributed by atoms with E-state index in [9.17, 15) is 30.6 Å². The van der Waals surface area contributed by atoms with Crippen molar-refractivity contribution in [2.24, 2.45) is 0 Å². The zero-order valence-electron chi connectivity index (χ0n) is 15.2. The Hall–Kier alpha value is -0.830. The average Bonchev–Trinajstić information content (AvgIpc) is 3.26. The van der Waals surface area contributed by atoms with Gasteiger partial charge < -0.3 is 40.1 Å². The van der Waals surface area contributed by atoms with Crippen molar-refractivity contribution in [1.82, 2.24) is 9.13 Å². The zero-order chi connectivity index (χ0) is 21.9. The van der Waals surface area contributed by atoms with Gasteiger partial charge in [-0.2, -0.15) is 0 Å². The number of ether oxygens (including phenoxy) is 2. The van der Waals surface area contributed by atoms with Crippen LogP contribution in [-0.4, -0.2) is 89.6 Å². The summed E-state index contributed by atoms with van der Waals surface area (Å²) < 4.78 is 14.0. The SMILES string of the molecule is OC[C@@H]1O[C@H](n2c(=S)n([C@@H]3O[C@H](CO)[C@@H](O)[C@H]3O)c3cc(Cl)c(Cl)cc32)[C@@H](O)[C@H]1O. The fraction of sp³-hybridized carbons (Fsp3) is 0.588. The fourth-order valence-corrected chi connectivity index (χ4v) is 4.63. The van der Waals surface area contributed by atoms with Crippen molar-refractivity contribution in [3.8, 4) is 0 Å². The summed E-state index contributed by atoms with van der Waals surface area (Å²) in [6, 6.07) is 2.95. The van der Waals surface area contributed by atoms with Gasteiger partial charge in [-0.3, -0.25) is 9.13 Å². The van der Waals surface area contributed by atoms with E-state index >= 15 is 0 Å². The predicted octanol–water partition coefficient (Wildman–Crippen LogP) is -0.298. The van der Waals surface area contributed by atoms with Crippen LogP contribution in [0.25, 0.3) is 11.0 Å². The molecule has 0 radical (unpaired) electrons. The van der Waals surface area contributed by atoms with E-state index in [0.29, 0.717) is 11.0 Å². The van der Waals surface area contributed by atoms with Crippen LogP contribution in [-0.2, 0) is 9.47 Å². The number of aliphatic hydroxyl groups is 6. The minimum Gasteiger partial charge on any atom is -0.394 e. The normalized spacial score (nSPS) is 36.8. The molecule has 10 nitrogen and oxygen atoms in total. The first-order valence-electron chi connectivity index (χ1n) is 9.07. The van der Waals surface area contributed by atoms with Crippen LogP contribution >= 0.6 is 35.4 Å². The van der Waals surface area contributed by atoms with E-state index in [4.69, 9.17) is 44.9 Å². The first-order valence-corrected chi connectivity index (χ1v) is 10.2. The summed E-state index contributed by atoms with van der Waals surface area (Å²) in [4.78, 5) is 0. The molecule has 0 spiro atoms. The molecule has 0 bridgehead atoms. The molecule has 0 saturated carbocycles. The summed E-state index contributed by atoms with van der Waals surface area (Å²) in [6.07, 6.45) is -10.0. The van der Waals surface area contributed by atoms with Crippen molar-refractivity contribution in [2.75, 3.05) is 13.2 Å². The van der Waals surface area contributed by atoms with Crippen molar-refractivity contribution in [1.29, 1.82) is 0 Å². The van der Waals surface area contributed by atoms with E-state index in [2.05, 4.69) is 0 Å². The maximum atomic E-state index is 10.5. The lowest BCUT2D eigenvalue weighted by Crippen LogP contribution is -2.33. The van der Waals surface area contributed by atoms with Gasteiger partial charge in [0.05, 0.1) is 34.3 Å². The Morgan fingerprint density at radius 2 is 1.13 bits per heavy atom. The average molecular weight is 483 g/mol. The minimum absolute atomic E-state index is 0.00742. The smallest absolute Gasteiger partial charge is 0.185 e. The minimum atomic E-state index is -1.42. The molecule has 1 aromatic carbocycles. The van der Waals surface area contributed by atoms with Gasteiger partial charge in [0.25, 0.3) is 0 Å². The molecular formula is C17H20Cl2N2O8S. The Bertz CT molecular complexity index is 940. The van der Waals surface area contributed by atoms with Crippen molar-refractivity contribution in [2.45, 2.75) is 49.1 Å². The molecule has 1 aromatic heterocycles. The molecule has 6 N–H and O–H groups in total. The second-order valence-corrected chi connectivity index (χ2v) is 8.41. The zero-order valence-corrected chi connectivity index (χ0v) is 17.6. The number of nitrogens with zero attached hydrogens (tertiary/aromatic N) is 2. The molecule has 2 aromatic rings. The second kappa shape index (κ2) is 8.26. The Morgan fingerprint density at radius 1 is 0.767 bits per heavy atom. The Kier molecular flexibility index (Phi) is 6.16. The molecule has 8 atom stereocenters. The summed E-state index contributed by atoms with van der Waals surface area (Å²) in [6.45, 7) is -1.05. The molecule has 0 unspecified atom stereocenters. The molecule has 2 aliphatic heterocycles. The summed E-state index contributed by atoms with van der Waals surface area (Å²) >= 11 is 17.9. The molecule has 30 heavy (non-hydrogen) atoms. The lowest BCUT2D eigenvalue weighted by molar-refractivity contribution is -0.0599. The van der Waals surface area contributed by atoms with Crippen LogP contribution < -0.4 is 0 Å². The van der Waals surface area contributed by atoms with Gasteiger partial charge >= 0.3 is 0 Å². The highest BCUT2D eigenvalue weighted by molar-refractivity contribution is 7.71. The van der Waals surface area contributed by atoms with Crippen LogP contribution in [0.4, 0.5) is 0 Å². The van der Waals surface area contributed by atoms with Gasteiger partial charge in [0.15, 0.2) is 17.2 Å². The lowest BCUT2D eigenvalue weighted by atomic mass is 10.1. The maximum Gasteiger partial charge on any atom is 0.185 e. The van der Waals surface area contributed by atoms with Crippen molar-refractivity contribution < 1.29 is 40.1 Å². The van der Waals surface area contributed by atoms with Gasteiger partial charge in [-0.1, -0.05) is 23.2 Å². The Balaban J connectivity index is 1.92. The van der Waals surface area contributed by atoms with E-state index in [1.54, 1.807) is 0 Å². The number of hydrogen-bond acceptors (Lipinski definition) is 9. The molecular weight excluding hydrogens is 463 g/mol. The van der Waals surface area contributed by atoms with Gasteiger partial charge in [-0.05, 0) is 24.4 Å². The van der Waals surface area contributed by atoms with Crippen LogP contribution in [0.15, 0.2) is 12.1 Å². The third-order valence-electron chi connectivity index (χ3n) is 5.49. The van der Waals surface area contributed by atoms with Gasteiger partial charge in [-0.15, -0.1) is 0 Å². The molecule has 2 aliphatic rings. The molecule has 166 valence electrons. The van der Waals surface area contributed by atoms with Crippen LogP contribution in [0.2, 0.25) is 10.0 Å². The molecule has 3 heterocycles. The highest BCUT2D eigenvalue weighted by atomic mass is 35.5. The number of hydrogen-bond donors (Lipinski definition) is 6. The van der Waals surface area contributed by atoms with Gasteiger partial charge in [0, 0.05) is 0 Å². The fourth-order valence-electron chi connectivity index (χ4n) is 3.91. The Morgan fingerprint density at radius 3 is 1.43 bits per heavy atom. The van der Waals surface area contributed by atoms with E-state index < -0.39 is 62.3 Å². The largest absolute Gasteiger partial charge is 0.394 e. The number of aromatic nitrogens is 2. The van der Waals surface area contributed by atoms with Gasteiger partial charge in [0.1, 0.15) is 36.6 Å². The van der Waals surface area contributed by atoms with Crippen LogP contribution in [0.1, 0.15) is 12.5 Å². The first-order chi connectivity index (χ1) is 14.2. The van der Waals surface area contributed by atoms with Gasteiger partial charge in [-0.25, -0.2) is 0 Å². The summed E-state index contributed by atoms with van der Waals surface area (Å²) in [5, 5.41) is 60.4. The van der Waals surface area contributed by atoms with E-state index in [-0.39, 0.29) is 14.8 Å². The van der Waals surface area contributed by atoms with Crippen molar-refractivity contribution >= 4 is 46.5 Å². The third-order valence-corrected chi connectivity index (χ3v) is 6.61. The monoisotopic (exact) mass is 482 g/mol. The lowest BCUT2D eigenvalue weighted by Gasteiger charge is -2.19. The highest BCUT2D eigenvalue weighted by Gasteiger charge is 2.47. The molecule has 0 aliphatic carbocycles. The van der Waals surface area contributed by atoms with E-state index in [0.717, 1.165) is 0 Å². The third kappa shape index (κ3) is 3.29. The number of aliphatic hydroxyl groups excluding tert-OH is 6. The quantitative estimate of drug-likeness (QED) is 0.323. The van der Waals surface area contributed by atoms with E-state index in [1.807, 2.05) is 0 Å². The highest BCUT2D eigenvalue weighted by Crippen LogP contribution is 2.39. The maximum absolute atomic E-state index is 10.5. The standard InChI is InChI=1S/C17H20Cl2N2O8S/c18-5-1-7-8(2-6(5)19)21(16-14(27)12(25)10(4-23)29-16)17(30)20(7)15-13(26)11(24)9(3-22)28-15/h1-2,9-16,22-27H,3-4H2/t9-,10+,11-,12+,13-,14+,15-,16+. The number of benzene rings is 1. The molecule has 2 saturated heterocycles. The number of rotatable bonds is 4. The van der Waals surface area contributed by atoms with Crippen LogP contribution in [0.3, 0.4) is 0 Å². The summed E-state index contributed by atoms with van der Waals surface area (Å²) in [7, 11) is 0. The first kappa shape index (κ1) is 22.4. The van der Waals surface area contributed by atoms with Crippen molar-refractivity contribution in [3.05, 3.63) is 26.9 Å². The van der Waals surface area contributed by atoms with Crippen molar-refractivity contribution in [3.63, 3.8) is 0 Å². The predicted molar refractivity (Wildman–Crippen MR) is 107 cm³/mol. The number of imidazole rings is 1.